The lowest BCUT2D eigenvalue weighted by Crippen LogP contribution is -2.50. The quantitative estimate of drug-likeness (QED) is 0.306. The smallest absolute Gasteiger partial charge is 0.320 e. The first-order chi connectivity index (χ1) is 18.4. The molecule has 0 bridgehead atoms. The summed E-state index contributed by atoms with van der Waals surface area (Å²) in [5, 5.41) is 0. The van der Waals surface area contributed by atoms with Gasteiger partial charge in [-0.2, -0.15) is 0 Å². The minimum Gasteiger partial charge on any atom is -0.497 e. The molecular formula is C29H28O9. The molecule has 0 fully saturated rings. The fourth-order valence-electron chi connectivity index (χ4n) is 4.91. The van der Waals surface area contributed by atoms with Gasteiger partial charge in [0.1, 0.15) is 28.6 Å². The highest BCUT2D eigenvalue weighted by Gasteiger charge is 2.61. The lowest BCUT2D eigenvalue weighted by molar-refractivity contribution is -0.162. The van der Waals surface area contributed by atoms with Crippen LogP contribution >= 0.6 is 0 Å². The van der Waals surface area contributed by atoms with Crippen LogP contribution < -0.4 is 18.9 Å². The Morgan fingerprint density at radius 1 is 0.763 bits per heavy atom. The zero-order valence-electron chi connectivity index (χ0n) is 21.7. The van der Waals surface area contributed by atoms with Gasteiger partial charge in [0.2, 0.25) is 11.4 Å². The molecule has 4 rings (SSSR count). The first kappa shape index (κ1) is 26.5. The van der Waals surface area contributed by atoms with Crippen molar-refractivity contribution in [2.45, 2.75) is 11.5 Å². The molecule has 1 heterocycles. The highest BCUT2D eigenvalue weighted by molar-refractivity contribution is 6.12. The SMILES string of the molecule is COC(=O)C(C(=O)OC)C(c1ccccc1)[C@]1(c2ccc(OC)cc2)Oc2cc(OC)cc(OC)c2C1=O. The zero-order chi connectivity index (χ0) is 27.4. The first-order valence-corrected chi connectivity index (χ1v) is 11.7. The van der Waals surface area contributed by atoms with E-state index in [9.17, 15) is 14.4 Å². The molecular weight excluding hydrogens is 492 g/mol. The molecule has 3 aromatic carbocycles. The Morgan fingerprint density at radius 2 is 1.37 bits per heavy atom. The lowest BCUT2D eigenvalue weighted by atomic mass is 9.68. The van der Waals surface area contributed by atoms with Crippen molar-refractivity contribution < 1.29 is 42.8 Å². The minimum atomic E-state index is -1.90. The summed E-state index contributed by atoms with van der Waals surface area (Å²) >= 11 is 0. The number of carbonyl (C=O) groups excluding carboxylic acids is 3. The van der Waals surface area contributed by atoms with Gasteiger partial charge in [-0.05, 0) is 17.7 Å². The van der Waals surface area contributed by atoms with Gasteiger partial charge in [-0.15, -0.1) is 0 Å². The predicted octanol–water partition coefficient (Wildman–Crippen LogP) is 3.93. The summed E-state index contributed by atoms with van der Waals surface area (Å²) in [5.41, 5.74) is -0.884. The van der Waals surface area contributed by atoms with Crippen LogP contribution in [-0.4, -0.2) is 53.3 Å². The largest absolute Gasteiger partial charge is 0.497 e. The second kappa shape index (κ2) is 10.8. The van der Waals surface area contributed by atoms with Gasteiger partial charge in [0.25, 0.3) is 0 Å². The van der Waals surface area contributed by atoms with Gasteiger partial charge in [-0.3, -0.25) is 14.4 Å². The molecule has 0 saturated heterocycles. The number of hydrogen-bond donors (Lipinski definition) is 0. The minimum absolute atomic E-state index is 0.151. The van der Waals surface area contributed by atoms with Crippen molar-refractivity contribution in [2.24, 2.45) is 5.92 Å². The second-order valence-electron chi connectivity index (χ2n) is 8.51. The van der Waals surface area contributed by atoms with Gasteiger partial charge in [-0.1, -0.05) is 42.5 Å². The fourth-order valence-corrected chi connectivity index (χ4v) is 4.91. The lowest BCUT2D eigenvalue weighted by Gasteiger charge is -2.38. The molecule has 38 heavy (non-hydrogen) atoms. The molecule has 198 valence electrons. The Balaban J connectivity index is 2.09. The zero-order valence-corrected chi connectivity index (χ0v) is 21.7. The predicted molar refractivity (Wildman–Crippen MR) is 136 cm³/mol. The van der Waals surface area contributed by atoms with E-state index in [-0.39, 0.29) is 17.1 Å². The Kier molecular flexibility index (Phi) is 7.57. The number of Topliss-reactive ketones (excluding diaryl/α,β-unsaturated/α-hetero) is 1. The highest BCUT2D eigenvalue weighted by atomic mass is 16.5. The van der Waals surface area contributed by atoms with E-state index in [4.69, 9.17) is 28.4 Å². The molecule has 1 aliphatic heterocycles. The van der Waals surface area contributed by atoms with Crippen molar-refractivity contribution in [3.05, 3.63) is 83.4 Å². The monoisotopic (exact) mass is 520 g/mol. The number of ether oxygens (including phenoxy) is 6. The van der Waals surface area contributed by atoms with Gasteiger partial charge in [0.15, 0.2) is 5.92 Å². The fraction of sp³-hybridized carbons (Fsp3) is 0.276. The van der Waals surface area contributed by atoms with Crippen molar-refractivity contribution in [1.29, 1.82) is 0 Å². The molecule has 9 nitrogen and oxygen atoms in total. The number of methoxy groups -OCH3 is 5. The third-order valence-electron chi connectivity index (χ3n) is 6.69. The standard InChI is InChI=1S/C29H28O9/c1-33-19-13-11-18(12-14-19)29(26(30)23-21(35-3)15-20(34-2)16-22(23)38-29)25(17-9-7-6-8-10-17)24(27(31)36-4)28(32)37-5/h6-16,24-25H,1-5H3/t25?,29-/m0/s1. The van der Waals surface area contributed by atoms with Gasteiger partial charge in [-0.25, -0.2) is 0 Å². The summed E-state index contributed by atoms with van der Waals surface area (Å²) in [4.78, 5) is 41.0. The van der Waals surface area contributed by atoms with Crippen molar-refractivity contribution in [3.63, 3.8) is 0 Å². The van der Waals surface area contributed by atoms with Crippen molar-refractivity contribution in [2.75, 3.05) is 35.5 Å². The van der Waals surface area contributed by atoms with E-state index in [1.807, 2.05) is 0 Å². The summed E-state index contributed by atoms with van der Waals surface area (Å²) in [7, 11) is 6.76. The molecule has 3 aromatic rings. The Bertz CT molecular complexity index is 1320. The number of ketones is 1. The summed E-state index contributed by atoms with van der Waals surface area (Å²) in [6.07, 6.45) is 0. The third kappa shape index (κ3) is 4.30. The Morgan fingerprint density at radius 3 is 1.89 bits per heavy atom. The molecule has 0 aromatic heterocycles. The highest BCUT2D eigenvalue weighted by Crippen LogP contribution is 2.55. The van der Waals surface area contributed by atoms with Crippen LogP contribution in [0, 0.1) is 5.92 Å². The molecule has 0 radical (unpaired) electrons. The van der Waals surface area contributed by atoms with Crippen LogP contribution in [0.15, 0.2) is 66.7 Å². The maximum absolute atomic E-state index is 14.6. The molecule has 1 aliphatic rings. The van der Waals surface area contributed by atoms with Crippen LogP contribution in [0.5, 0.6) is 23.0 Å². The Hall–Kier alpha value is -4.53. The van der Waals surface area contributed by atoms with E-state index >= 15 is 0 Å². The van der Waals surface area contributed by atoms with Crippen LogP contribution in [-0.2, 0) is 24.7 Å². The molecule has 0 spiro atoms. The van der Waals surface area contributed by atoms with Crippen LogP contribution in [0.2, 0.25) is 0 Å². The van der Waals surface area contributed by atoms with Crippen LogP contribution in [0.3, 0.4) is 0 Å². The van der Waals surface area contributed by atoms with Gasteiger partial charge >= 0.3 is 11.9 Å². The number of fused-ring (bicyclic) bond motifs is 1. The van der Waals surface area contributed by atoms with E-state index < -0.39 is 35.2 Å². The number of hydrogen-bond acceptors (Lipinski definition) is 9. The molecule has 0 aliphatic carbocycles. The van der Waals surface area contributed by atoms with Crippen molar-refractivity contribution in [1.82, 2.24) is 0 Å². The van der Waals surface area contributed by atoms with Crippen LogP contribution in [0.1, 0.15) is 27.4 Å². The van der Waals surface area contributed by atoms with Gasteiger partial charge in [0, 0.05) is 17.7 Å². The van der Waals surface area contributed by atoms with E-state index in [0.29, 0.717) is 22.6 Å². The molecule has 2 atom stereocenters. The van der Waals surface area contributed by atoms with Gasteiger partial charge in [0.05, 0.1) is 41.5 Å². The van der Waals surface area contributed by atoms with E-state index in [0.717, 1.165) is 0 Å². The second-order valence-corrected chi connectivity index (χ2v) is 8.51. The van der Waals surface area contributed by atoms with Gasteiger partial charge < -0.3 is 28.4 Å². The first-order valence-electron chi connectivity index (χ1n) is 11.7. The van der Waals surface area contributed by atoms with E-state index in [2.05, 4.69) is 0 Å². The third-order valence-corrected chi connectivity index (χ3v) is 6.69. The average molecular weight is 521 g/mol. The van der Waals surface area contributed by atoms with E-state index in [1.165, 1.54) is 35.5 Å². The van der Waals surface area contributed by atoms with Crippen LogP contribution in [0.4, 0.5) is 0 Å². The number of carbonyl (C=O) groups is 3. The van der Waals surface area contributed by atoms with Crippen molar-refractivity contribution >= 4 is 17.7 Å². The average Bonchev–Trinajstić information content (AvgIpc) is 3.27. The van der Waals surface area contributed by atoms with E-state index in [1.54, 1.807) is 66.7 Å². The summed E-state index contributed by atoms with van der Waals surface area (Å²) < 4.78 is 32.9. The summed E-state index contributed by atoms with van der Waals surface area (Å²) in [6.45, 7) is 0. The maximum atomic E-state index is 14.6. The molecule has 0 N–H and O–H groups in total. The molecule has 0 saturated carbocycles. The molecule has 9 heteroatoms. The summed E-state index contributed by atoms with van der Waals surface area (Å²) in [6, 6.07) is 18.5. The molecule has 0 amide bonds. The number of esters is 2. The number of benzene rings is 3. The normalized spacial score (nSPS) is 16.7. The van der Waals surface area contributed by atoms with Crippen LogP contribution in [0.25, 0.3) is 0 Å². The van der Waals surface area contributed by atoms with Crippen molar-refractivity contribution in [3.8, 4) is 23.0 Å². The molecule has 1 unspecified atom stereocenters. The summed E-state index contributed by atoms with van der Waals surface area (Å²) in [5.74, 6) is -3.69. The maximum Gasteiger partial charge on any atom is 0.320 e. The number of rotatable bonds is 9. The topological polar surface area (TPSA) is 107 Å². The Labute approximate surface area is 220 Å².